The normalized spacial score (nSPS) is 17.2. The summed E-state index contributed by atoms with van der Waals surface area (Å²) in [6, 6.07) is 9.25. The number of nitrogens with one attached hydrogen (secondary N) is 1. The topological polar surface area (TPSA) is 67.2 Å². The van der Waals surface area contributed by atoms with E-state index in [0.717, 1.165) is 48.6 Å². The Hall–Kier alpha value is -3.26. The molecule has 0 radical (unpaired) electrons. The lowest BCUT2D eigenvalue weighted by molar-refractivity contribution is 0.132. The van der Waals surface area contributed by atoms with E-state index in [-0.39, 0.29) is 17.6 Å². The van der Waals surface area contributed by atoms with Crippen molar-refractivity contribution in [3.05, 3.63) is 65.3 Å². The molecule has 1 atom stereocenters. The number of aromatic amines is 1. The SMILES string of the molecule is COc1cc(-c2nc(CN3CCCC[C@@H]3c3nc4ccc(F)cc4[nH]3)c(C)o2)ccc1F. The minimum absolute atomic E-state index is 0.0877. The van der Waals surface area contributed by atoms with Gasteiger partial charge in [0.1, 0.15) is 17.4 Å². The third-order valence-electron chi connectivity index (χ3n) is 6.04. The van der Waals surface area contributed by atoms with E-state index in [4.69, 9.17) is 19.1 Å². The van der Waals surface area contributed by atoms with Crippen LogP contribution in [0.5, 0.6) is 5.75 Å². The number of rotatable bonds is 5. The molecule has 2 aromatic heterocycles. The van der Waals surface area contributed by atoms with Crippen LogP contribution in [0, 0.1) is 18.6 Å². The lowest BCUT2D eigenvalue weighted by Gasteiger charge is -2.34. The first-order valence-corrected chi connectivity index (χ1v) is 10.7. The fourth-order valence-corrected chi connectivity index (χ4v) is 4.33. The summed E-state index contributed by atoms with van der Waals surface area (Å²) in [6.07, 6.45) is 3.15. The van der Waals surface area contributed by atoms with E-state index in [1.54, 1.807) is 18.2 Å². The molecule has 32 heavy (non-hydrogen) atoms. The van der Waals surface area contributed by atoms with E-state index in [2.05, 4.69) is 9.88 Å². The summed E-state index contributed by atoms with van der Waals surface area (Å²) >= 11 is 0. The molecule has 1 saturated heterocycles. The number of benzene rings is 2. The number of halogens is 2. The molecular weight excluding hydrogens is 414 g/mol. The average molecular weight is 438 g/mol. The van der Waals surface area contributed by atoms with Gasteiger partial charge in [0.15, 0.2) is 11.6 Å². The molecule has 166 valence electrons. The van der Waals surface area contributed by atoms with Crippen LogP contribution in [0.2, 0.25) is 0 Å². The first-order chi connectivity index (χ1) is 15.5. The van der Waals surface area contributed by atoms with Gasteiger partial charge in [-0.05, 0) is 62.7 Å². The Morgan fingerprint density at radius 1 is 1.16 bits per heavy atom. The summed E-state index contributed by atoms with van der Waals surface area (Å²) < 4.78 is 38.4. The number of aryl methyl sites for hydroxylation is 1. The number of likely N-dealkylation sites (tertiary alicyclic amines) is 1. The number of aromatic nitrogens is 3. The Kier molecular flexibility index (Phi) is 5.38. The second-order valence-electron chi connectivity index (χ2n) is 8.14. The van der Waals surface area contributed by atoms with Crippen LogP contribution in [-0.2, 0) is 6.54 Å². The van der Waals surface area contributed by atoms with Gasteiger partial charge in [0.25, 0.3) is 0 Å². The van der Waals surface area contributed by atoms with Crippen molar-refractivity contribution in [3.63, 3.8) is 0 Å². The number of hydrogen-bond acceptors (Lipinski definition) is 5. The van der Waals surface area contributed by atoms with Crippen LogP contribution in [0.1, 0.15) is 42.6 Å². The van der Waals surface area contributed by atoms with Gasteiger partial charge in [-0.25, -0.2) is 18.7 Å². The molecule has 5 rings (SSSR count). The molecule has 0 amide bonds. The minimum atomic E-state index is -0.429. The van der Waals surface area contributed by atoms with Gasteiger partial charge in [-0.2, -0.15) is 0 Å². The van der Waals surface area contributed by atoms with Crippen LogP contribution in [-0.4, -0.2) is 33.5 Å². The van der Waals surface area contributed by atoms with Crippen LogP contribution in [0.25, 0.3) is 22.5 Å². The monoisotopic (exact) mass is 438 g/mol. The number of oxazole rings is 1. The highest BCUT2D eigenvalue weighted by molar-refractivity contribution is 5.75. The van der Waals surface area contributed by atoms with Crippen LogP contribution in [0.15, 0.2) is 40.8 Å². The summed E-state index contributed by atoms with van der Waals surface area (Å²) in [6.45, 7) is 3.39. The number of ether oxygens (including phenoxy) is 1. The lowest BCUT2D eigenvalue weighted by atomic mass is 10.0. The van der Waals surface area contributed by atoms with Crippen molar-refractivity contribution in [2.45, 2.75) is 38.8 Å². The van der Waals surface area contributed by atoms with Gasteiger partial charge < -0.3 is 14.1 Å². The van der Waals surface area contributed by atoms with E-state index in [9.17, 15) is 8.78 Å². The molecule has 0 unspecified atom stereocenters. The number of methoxy groups -OCH3 is 1. The zero-order valence-corrected chi connectivity index (χ0v) is 18.0. The van der Waals surface area contributed by atoms with Gasteiger partial charge in [-0.1, -0.05) is 6.42 Å². The Morgan fingerprint density at radius 3 is 2.88 bits per heavy atom. The summed E-state index contributed by atoms with van der Waals surface area (Å²) in [4.78, 5) is 15.0. The van der Waals surface area contributed by atoms with E-state index in [0.29, 0.717) is 23.5 Å². The van der Waals surface area contributed by atoms with E-state index in [1.165, 1.54) is 25.3 Å². The van der Waals surface area contributed by atoms with Crippen LogP contribution >= 0.6 is 0 Å². The molecular formula is C24H24F2N4O2. The molecule has 0 spiro atoms. The molecule has 0 aliphatic carbocycles. The number of H-pyrrole nitrogens is 1. The molecule has 1 N–H and O–H groups in total. The summed E-state index contributed by atoms with van der Waals surface area (Å²) in [5.74, 6) is 1.44. The number of imidazole rings is 1. The molecule has 1 aliphatic heterocycles. The van der Waals surface area contributed by atoms with Crippen molar-refractivity contribution in [3.8, 4) is 17.2 Å². The smallest absolute Gasteiger partial charge is 0.226 e. The van der Waals surface area contributed by atoms with Crippen molar-refractivity contribution >= 4 is 11.0 Å². The first-order valence-electron chi connectivity index (χ1n) is 10.7. The first kappa shape index (κ1) is 20.6. The number of nitrogens with zero attached hydrogens (tertiary/aromatic N) is 3. The largest absolute Gasteiger partial charge is 0.494 e. The van der Waals surface area contributed by atoms with Gasteiger partial charge in [0, 0.05) is 12.1 Å². The molecule has 8 heteroatoms. The van der Waals surface area contributed by atoms with Gasteiger partial charge in [-0.3, -0.25) is 4.90 Å². The Labute approximate surface area is 184 Å². The Bertz CT molecular complexity index is 1270. The molecule has 0 saturated carbocycles. The predicted octanol–water partition coefficient (Wildman–Crippen LogP) is 5.54. The zero-order chi connectivity index (χ0) is 22.2. The highest BCUT2D eigenvalue weighted by Crippen LogP contribution is 2.33. The molecule has 3 heterocycles. The van der Waals surface area contributed by atoms with E-state index >= 15 is 0 Å². The van der Waals surface area contributed by atoms with Crippen LogP contribution in [0.3, 0.4) is 0 Å². The maximum Gasteiger partial charge on any atom is 0.226 e. The van der Waals surface area contributed by atoms with Crippen LogP contribution < -0.4 is 4.74 Å². The van der Waals surface area contributed by atoms with Crippen molar-refractivity contribution in [2.75, 3.05) is 13.7 Å². The quantitative estimate of drug-likeness (QED) is 0.443. The van der Waals surface area contributed by atoms with Gasteiger partial charge in [-0.15, -0.1) is 0 Å². The molecule has 4 aromatic rings. The highest BCUT2D eigenvalue weighted by Gasteiger charge is 2.28. The van der Waals surface area contributed by atoms with Crippen LogP contribution in [0.4, 0.5) is 8.78 Å². The van der Waals surface area contributed by atoms with E-state index in [1.807, 2.05) is 6.92 Å². The molecule has 1 aliphatic rings. The second-order valence-corrected chi connectivity index (χ2v) is 8.14. The fraction of sp³-hybridized carbons (Fsp3) is 0.333. The standard InChI is InChI=1S/C24H24F2N4O2/c1-14-20(29-24(32-14)15-6-8-17(26)22(11-15)31-2)13-30-10-4-3-5-21(30)23-27-18-9-7-16(25)12-19(18)28-23/h6-9,11-12,21H,3-5,10,13H2,1-2H3,(H,27,28)/t21-/m1/s1. The van der Waals surface area contributed by atoms with Crippen molar-refractivity contribution in [2.24, 2.45) is 0 Å². The Balaban J connectivity index is 1.42. The van der Waals surface area contributed by atoms with Crippen molar-refractivity contribution < 1.29 is 17.9 Å². The zero-order valence-electron chi connectivity index (χ0n) is 18.0. The summed E-state index contributed by atoms with van der Waals surface area (Å²) in [5.41, 5.74) is 2.96. The van der Waals surface area contributed by atoms with Gasteiger partial charge in [0.05, 0.1) is 29.9 Å². The van der Waals surface area contributed by atoms with Crippen molar-refractivity contribution in [1.82, 2.24) is 19.9 Å². The molecule has 6 nitrogen and oxygen atoms in total. The number of piperidine rings is 1. The number of hydrogen-bond donors (Lipinski definition) is 1. The average Bonchev–Trinajstić information content (AvgIpc) is 3.37. The summed E-state index contributed by atoms with van der Waals surface area (Å²) in [5, 5.41) is 0. The fourth-order valence-electron chi connectivity index (χ4n) is 4.33. The maximum absolute atomic E-state index is 13.8. The molecule has 2 aromatic carbocycles. The maximum atomic E-state index is 13.8. The molecule has 1 fully saturated rings. The predicted molar refractivity (Wildman–Crippen MR) is 116 cm³/mol. The van der Waals surface area contributed by atoms with Gasteiger partial charge >= 0.3 is 0 Å². The van der Waals surface area contributed by atoms with Gasteiger partial charge in [0.2, 0.25) is 5.89 Å². The highest BCUT2D eigenvalue weighted by atomic mass is 19.1. The summed E-state index contributed by atoms with van der Waals surface area (Å²) in [7, 11) is 1.43. The third-order valence-corrected chi connectivity index (χ3v) is 6.04. The number of fused-ring (bicyclic) bond motifs is 1. The lowest BCUT2D eigenvalue weighted by Crippen LogP contribution is -2.33. The second kappa shape index (κ2) is 8.35. The van der Waals surface area contributed by atoms with Crippen molar-refractivity contribution in [1.29, 1.82) is 0 Å². The third kappa shape index (κ3) is 3.86. The minimum Gasteiger partial charge on any atom is -0.494 e. The van der Waals surface area contributed by atoms with E-state index < -0.39 is 5.82 Å². The molecule has 0 bridgehead atoms. The Morgan fingerprint density at radius 2 is 2.03 bits per heavy atom.